The maximum Gasteiger partial charge on any atom is 0.144 e. The molecular formula is C17H28N4O. The molecule has 2 fully saturated rings. The fourth-order valence-electron chi connectivity index (χ4n) is 3.51. The Hall–Kier alpha value is -1.46. The van der Waals surface area contributed by atoms with Crippen molar-refractivity contribution < 1.29 is 8.85 Å². The molecule has 0 unspecified atom stereocenters. The molecule has 0 spiro atoms. The first-order valence-electron chi connectivity index (χ1n) is 9.56. The van der Waals surface area contributed by atoms with Gasteiger partial charge in [0.1, 0.15) is 5.75 Å². The van der Waals surface area contributed by atoms with Gasteiger partial charge in [-0.05, 0) is 32.0 Å². The van der Waals surface area contributed by atoms with Crippen molar-refractivity contribution in [2.45, 2.75) is 18.9 Å². The van der Waals surface area contributed by atoms with E-state index in [1.54, 1.807) is 12.0 Å². The van der Waals surface area contributed by atoms with Crippen LogP contribution in [0.1, 0.15) is 17.0 Å². The molecule has 0 aliphatic carbocycles. The summed E-state index contributed by atoms with van der Waals surface area (Å²) in [5.41, 5.74) is 7.65. The molecule has 22 heavy (non-hydrogen) atoms. The van der Waals surface area contributed by atoms with E-state index in [-0.39, 0.29) is 0 Å². The first kappa shape index (κ1) is 12.0. The van der Waals surface area contributed by atoms with E-state index in [2.05, 4.69) is 9.80 Å². The number of rotatable bonds is 3. The monoisotopic (exact) mass is 307 g/mol. The van der Waals surface area contributed by atoms with E-state index in [1.807, 2.05) is 18.2 Å². The van der Waals surface area contributed by atoms with Crippen molar-refractivity contribution in [2.75, 3.05) is 64.0 Å². The second-order valence-corrected chi connectivity index (χ2v) is 6.17. The number of piperazine rings is 1. The van der Waals surface area contributed by atoms with E-state index in [0.29, 0.717) is 24.8 Å². The number of likely N-dealkylation sites (N-methyl/N-ethyl adjacent to an activating group) is 1. The zero-order valence-corrected chi connectivity index (χ0v) is 13.3. The van der Waals surface area contributed by atoms with Crippen LogP contribution in [0.4, 0.5) is 11.4 Å². The van der Waals surface area contributed by atoms with E-state index < -0.39 is 6.98 Å². The molecule has 5 heteroatoms. The summed E-state index contributed by atoms with van der Waals surface area (Å²) in [6.07, 6.45) is 2.17. The van der Waals surface area contributed by atoms with Crippen LogP contribution in [0.3, 0.4) is 0 Å². The molecule has 0 aromatic heterocycles. The van der Waals surface area contributed by atoms with E-state index in [4.69, 9.17) is 14.6 Å². The number of benzene rings is 1. The van der Waals surface area contributed by atoms with E-state index in [0.717, 1.165) is 50.5 Å². The van der Waals surface area contributed by atoms with Gasteiger partial charge in [0.15, 0.2) is 0 Å². The van der Waals surface area contributed by atoms with Crippen LogP contribution in [-0.2, 0) is 0 Å². The Morgan fingerprint density at radius 2 is 1.86 bits per heavy atom. The summed E-state index contributed by atoms with van der Waals surface area (Å²) < 4.78 is 28.1. The third kappa shape index (κ3) is 3.31. The summed E-state index contributed by atoms with van der Waals surface area (Å²) >= 11 is 0. The average molecular weight is 307 g/mol. The van der Waals surface area contributed by atoms with Crippen LogP contribution in [0.25, 0.3) is 0 Å². The Balaban J connectivity index is 1.55. The van der Waals surface area contributed by atoms with Crippen molar-refractivity contribution in [3.8, 4) is 5.75 Å². The number of methoxy groups -OCH3 is 1. The molecule has 2 heterocycles. The van der Waals surface area contributed by atoms with Crippen LogP contribution in [0, 0.1) is 0 Å². The highest BCUT2D eigenvalue weighted by atomic mass is 16.5. The highest BCUT2D eigenvalue weighted by molar-refractivity contribution is 5.64. The summed E-state index contributed by atoms with van der Waals surface area (Å²) in [4.78, 5) is 6.42. The lowest BCUT2D eigenvalue weighted by Gasteiger charge is -2.42. The normalized spacial score (nSPS) is 24.6. The van der Waals surface area contributed by atoms with Gasteiger partial charge in [-0.1, -0.05) is 0 Å². The Labute approximate surface area is 137 Å². The van der Waals surface area contributed by atoms with Crippen molar-refractivity contribution in [2.24, 2.45) is 0 Å². The summed E-state index contributed by atoms with van der Waals surface area (Å²) in [6.45, 7) is 2.93. The Morgan fingerprint density at radius 1 is 1.14 bits per heavy atom. The third-order valence-corrected chi connectivity index (χ3v) is 4.84. The van der Waals surface area contributed by atoms with Gasteiger partial charge < -0.3 is 20.3 Å². The predicted molar refractivity (Wildman–Crippen MR) is 91.7 cm³/mol. The van der Waals surface area contributed by atoms with E-state index >= 15 is 0 Å². The van der Waals surface area contributed by atoms with Gasteiger partial charge in [-0.15, -0.1) is 0 Å². The molecule has 0 amide bonds. The highest BCUT2D eigenvalue weighted by Crippen LogP contribution is 2.32. The number of ether oxygens (including phenoxy) is 1. The van der Waals surface area contributed by atoms with Crippen LogP contribution < -0.4 is 15.4 Å². The predicted octanol–water partition coefficient (Wildman–Crippen LogP) is 1.49. The minimum Gasteiger partial charge on any atom is -0.495 e. The fraction of sp³-hybridized carbons (Fsp3) is 0.647. The first-order valence-corrected chi connectivity index (χ1v) is 8.06. The van der Waals surface area contributed by atoms with Crippen LogP contribution in [0.2, 0.25) is 0 Å². The van der Waals surface area contributed by atoms with Crippen LogP contribution in [0.5, 0.6) is 5.75 Å². The molecule has 2 aliphatic rings. The third-order valence-electron chi connectivity index (χ3n) is 4.84. The zero-order chi connectivity index (χ0) is 18.0. The smallest absolute Gasteiger partial charge is 0.144 e. The largest absolute Gasteiger partial charge is 0.495 e. The Morgan fingerprint density at radius 3 is 2.50 bits per heavy atom. The number of hydrogen-bond donors (Lipinski definition) is 1. The highest BCUT2D eigenvalue weighted by Gasteiger charge is 2.27. The van der Waals surface area contributed by atoms with Crippen LogP contribution in [0.15, 0.2) is 18.2 Å². The van der Waals surface area contributed by atoms with Gasteiger partial charge in [0.05, 0.1) is 12.8 Å². The molecule has 2 aliphatic heterocycles. The molecule has 3 rings (SSSR count). The van der Waals surface area contributed by atoms with Crippen molar-refractivity contribution in [3.05, 3.63) is 18.2 Å². The Bertz CT molecular complexity index is 580. The molecule has 1 aromatic carbocycles. The van der Waals surface area contributed by atoms with Gasteiger partial charge in [0, 0.05) is 61.2 Å². The molecule has 0 saturated carbocycles. The average Bonchev–Trinajstić information content (AvgIpc) is 2.61. The second-order valence-electron chi connectivity index (χ2n) is 6.17. The standard InChI is InChI=1S/C17H28N4O/c1-19-9-11-20(12-10-19)15-5-7-21(8-6-15)16-4-3-14(18)13-17(16)22-2/h3-4,13,15H,5-12,18H2,1-2H3/i1D3. The number of nitrogens with zero attached hydrogens (tertiary/aromatic N) is 3. The molecule has 2 saturated heterocycles. The van der Waals surface area contributed by atoms with Gasteiger partial charge in [0.2, 0.25) is 0 Å². The SMILES string of the molecule is [2H]C([2H])([2H])N1CCN(C2CCN(c3ccc(N)cc3OC)CC2)CC1. The molecule has 2 N–H and O–H groups in total. The summed E-state index contributed by atoms with van der Waals surface area (Å²) in [5.74, 6) is 0.824. The Kier molecular flexibility index (Phi) is 3.69. The number of anilines is 2. The molecular weight excluding hydrogens is 276 g/mol. The quantitative estimate of drug-likeness (QED) is 0.857. The van der Waals surface area contributed by atoms with Gasteiger partial charge in [-0.3, -0.25) is 4.90 Å². The number of nitrogens with two attached hydrogens (primary N) is 1. The van der Waals surface area contributed by atoms with Crippen molar-refractivity contribution in [3.63, 3.8) is 0 Å². The van der Waals surface area contributed by atoms with Crippen molar-refractivity contribution in [1.29, 1.82) is 0 Å². The zero-order valence-electron chi connectivity index (χ0n) is 16.3. The van der Waals surface area contributed by atoms with Gasteiger partial charge in [-0.25, -0.2) is 0 Å². The number of piperidine rings is 1. The fourth-order valence-corrected chi connectivity index (χ4v) is 3.51. The van der Waals surface area contributed by atoms with Gasteiger partial charge >= 0.3 is 0 Å². The minimum absolute atomic E-state index is 0.537. The number of nitrogen functional groups attached to an aromatic ring is 1. The molecule has 0 radical (unpaired) electrons. The van der Waals surface area contributed by atoms with Crippen molar-refractivity contribution >= 4 is 11.4 Å². The van der Waals surface area contributed by atoms with E-state index in [9.17, 15) is 0 Å². The maximum absolute atomic E-state index is 7.52. The van der Waals surface area contributed by atoms with Crippen molar-refractivity contribution in [1.82, 2.24) is 9.80 Å². The first-order chi connectivity index (χ1) is 11.9. The van der Waals surface area contributed by atoms with E-state index in [1.165, 1.54) is 0 Å². The van der Waals surface area contributed by atoms with Crippen LogP contribution >= 0.6 is 0 Å². The molecule has 5 nitrogen and oxygen atoms in total. The molecule has 0 atom stereocenters. The lowest BCUT2D eigenvalue weighted by atomic mass is 10.0. The summed E-state index contributed by atoms with van der Waals surface area (Å²) in [6, 6.07) is 6.35. The lowest BCUT2D eigenvalue weighted by molar-refractivity contribution is 0.0981. The molecule has 122 valence electrons. The minimum atomic E-state index is -1.96. The van der Waals surface area contributed by atoms with Gasteiger partial charge in [0.25, 0.3) is 0 Å². The van der Waals surface area contributed by atoms with Crippen LogP contribution in [-0.4, -0.2) is 69.2 Å². The topological polar surface area (TPSA) is 45.0 Å². The second kappa shape index (κ2) is 6.75. The maximum atomic E-state index is 7.52. The molecule has 0 bridgehead atoms. The summed E-state index contributed by atoms with van der Waals surface area (Å²) in [5, 5.41) is 0. The number of hydrogen-bond acceptors (Lipinski definition) is 5. The lowest BCUT2D eigenvalue weighted by Crippen LogP contribution is -2.52. The molecule has 1 aromatic rings. The summed E-state index contributed by atoms with van der Waals surface area (Å²) in [7, 11) is 1.68. The van der Waals surface area contributed by atoms with Gasteiger partial charge in [-0.2, -0.15) is 0 Å².